The Balaban J connectivity index is 1.86. The van der Waals surface area contributed by atoms with Crippen molar-refractivity contribution in [2.45, 2.75) is 39.0 Å². The molecule has 2 rings (SSSR count). The first-order valence-corrected chi connectivity index (χ1v) is 8.82. The maximum Gasteiger partial charge on any atom is 0.348 e. The van der Waals surface area contributed by atoms with Gasteiger partial charge in [0, 0.05) is 11.6 Å². The highest BCUT2D eigenvalue weighted by Crippen LogP contribution is 2.15. The van der Waals surface area contributed by atoms with Crippen LogP contribution >= 0.6 is 11.6 Å². The number of hydrogen-bond donors (Lipinski definition) is 1. The Kier molecular flexibility index (Phi) is 7.48. The summed E-state index contributed by atoms with van der Waals surface area (Å²) in [5.41, 5.74) is 0.792. The molecule has 2 aromatic carbocycles. The first-order valence-electron chi connectivity index (χ1n) is 8.44. The maximum atomic E-state index is 12.3. The molecule has 0 aromatic heterocycles. The average molecular weight is 376 g/mol. The number of carbonyl (C=O) groups is 2. The van der Waals surface area contributed by atoms with Gasteiger partial charge in [-0.1, -0.05) is 54.9 Å². The first-order chi connectivity index (χ1) is 12.5. The second-order valence-electron chi connectivity index (χ2n) is 5.72. The molecule has 0 unspecified atom stereocenters. The number of rotatable bonds is 8. The molecule has 1 N–H and O–H groups in total. The second-order valence-corrected chi connectivity index (χ2v) is 6.12. The minimum Gasteiger partial charge on any atom is -0.479 e. The molecule has 6 heteroatoms. The molecule has 0 aliphatic carbocycles. The fourth-order valence-corrected chi connectivity index (χ4v) is 2.44. The van der Waals surface area contributed by atoms with Crippen LogP contribution in [0.15, 0.2) is 54.6 Å². The van der Waals surface area contributed by atoms with Crippen molar-refractivity contribution >= 4 is 23.5 Å². The van der Waals surface area contributed by atoms with Crippen LogP contribution in [0.5, 0.6) is 5.75 Å². The smallest absolute Gasteiger partial charge is 0.348 e. The molecular weight excluding hydrogens is 354 g/mol. The Bertz CT molecular complexity index is 736. The minimum absolute atomic E-state index is 0.262. The molecule has 5 nitrogen and oxygen atoms in total. The highest BCUT2D eigenvalue weighted by Gasteiger charge is 2.25. The van der Waals surface area contributed by atoms with E-state index in [2.05, 4.69) is 5.32 Å². The number of benzene rings is 2. The van der Waals surface area contributed by atoms with E-state index >= 15 is 0 Å². The monoisotopic (exact) mass is 375 g/mol. The second kappa shape index (κ2) is 9.82. The number of hydrogen-bond acceptors (Lipinski definition) is 4. The zero-order valence-corrected chi connectivity index (χ0v) is 15.5. The van der Waals surface area contributed by atoms with Gasteiger partial charge in [-0.25, -0.2) is 4.79 Å². The molecule has 0 saturated heterocycles. The summed E-state index contributed by atoms with van der Waals surface area (Å²) in [4.78, 5) is 24.4. The number of para-hydroxylation sites is 1. The molecule has 26 heavy (non-hydrogen) atoms. The summed E-state index contributed by atoms with van der Waals surface area (Å²) in [6.07, 6.45) is -1.27. The van der Waals surface area contributed by atoms with Gasteiger partial charge in [0.25, 0.3) is 5.91 Å². The molecule has 1 amide bonds. The summed E-state index contributed by atoms with van der Waals surface area (Å²) < 4.78 is 10.9. The molecule has 0 aliphatic heterocycles. The topological polar surface area (TPSA) is 64.6 Å². The third-order valence-corrected chi connectivity index (χ3v) is 4.10. The van der Waals surface area contributed by atoms with Gasteiger partial charge in [0.05, 0.1) is 0 Å². The molecule has 0 heterocycles. The Morgan fingerprint density at radius 3 is 2.38 bits per heavy atom. The molecule has 2 atom stereocenters. The van der Waals surface area contributed by atoms with Gasteiger partial charge in [0.1, 0.15) is 5.75 Å². The summed E-state index contributed by atoms with van der Waals surface area (Å²) in [6.45, 7) is 3.60. The van der Waals surface area contributed by atoms with Crippen LogP contribution in [0.3, 0.4) is 0 Å². The fourth-order valence-electron chi connectivity index (χ4n) is 2.23. The van der Waals surface area contributed by atoms with Crippen molar-refractivity contribution in [3.8, 4) is 5.75 Å². The maximum absolute atomic E-state index is 12.3. The third-order valence-electron chi connectivity index (χ3n) is 3.73. The van der Waals surface area contributed by atoms with E-state index in [1.807, 2.05) is 43.3 Å². The summed E-state index contributed by atoms with van der Waals surface area (Å²) >= 11 is 6.06. The van der Waals surface area contributed by atoms with Crippen molar-refractivity contribution in [2.24, 2.45) is 0 Å². The zero-order chi connectivity index (χ0) is 18.9. The molecule has 0 radical (unpaired) electrons. The van der Waals surface area contributed by atoms with Crippen molar-refractivity contribution in [1.29, 1.82) is 0 Å². The number of amides is 1. The van der Waals surface area contributed by atoms with E-state index in [1.54, 1.807) is 18.2 Å². The number of carbonyl (C=O) groups excluding carboxylic acids is 2. The van der Waals surface area contributed by atoms with Gasteiger partial charge < -0.3 is 14.8 Å². The van der Waals surface area contributed by atoms with Crippen molar-refractivity contribution < 1.29 is 19.1 Å². The zero-order valence-electron chi connectivity index (χ0n) is 14.8. The Hall–Kier alpha value is -2.53. The Morgan fingerprint density at radius 2 is 1.73 bits per heavy atom. The van der Waals surface area contributed by atoms with E-state index in [1.165, 1.54) is 6.92 Å². The normalized spacial score (nSPS) is 12.7. The summed E-state index contributed by atoms with van der Waals surface area (Å²) in [7, 11) is 0. The van der Waals surface area contributed by atoms with E-state index in [0.717, 1.165) is 5.56 Å². The quantitative estimate of drug-likeness (QED) is 0.714. The number of halogens is 1. The van der Waals surface area contributed by atoms with Crippen LogP contribution in [-0.2, 0) is 20.9 Å². The average Bonchev–Trinajstić information content (AvgIpc) is 2.65. The predicted octanol–water partition coefficient (Wildman–Crippen LogP) is 3.75. The van der Waals surface area contributed by atoms with Gasteiger partial charge in [-0.3, -0.25) is 4.79 Å². The van der Waals surface area contributed by atoms with Gasteiger partial charge in [-0.15, -0.1) is 0 Å². The fraction of sp³-hybridized carbons (Fsp3) is 0.300. The number of ether oxygens (including phenoxy) is 2. The molecule has 0 aliphatic rings. The van der Waals surface area contributed by atoms with E-state index in [4.69, 9.17) is 21.1 Å². The van der Waals surface area contributed by atoms with Crippen LogP contribution in [0.25, 0.3) is 0 Å². The van der Waals surface area contributed by atoms with Crippen LogP contribution in [0, 0.1) is 0 Å². The molecular formula is C20H22ClNO4. The molecule has 0 spiro atoms. The highest BCUT2D eigenvalue weighted by atomic mass is 35.5. The van der Waals surface area contributed by atoms with E-state index < -0.39 is 24.1 Å². The van der Waals surface area contributed by atoms with Gasteiger partial charge in [0.15, 0.2) is 12.2 Å². The summed E-state index contributed by atoms with van der Waals surface area (Å²) in [5.74, 6) is -0.392. The molecule has 138 valence electrons. The SMILES string of the molecule is CC[C@@H](Oc1ccccc1)C(=O)O[C@H](C)C(=O)NCc1ccccc1Cl. The lowest BCUT2D eigenvalue weighted by Crippen LogP contribution is -2.39. The highest BCUT2D eigenvalue weighted by molar-refractivity contribution is 6.31. The van der Waals surface area contributed by atoms with Crippen molar-refractivity contribution in [2.75, 3.05) is 0 Å². The van der Waals surface area contributed by atoms with Gasteiger partial charge in [-0.05, 0) is 37.1 Å². The van der Waals surface area contributed by atoms with Crippen LogP contribution < -0.4 is 10.1 Å². The number of nitrogens with one attached hydrogen (secondary N) is 1. The minimum atomic E-state index is -0.932. The molecule has 0 bridgehead atoms. The lowest BCUT2D eigenvalue weighted by Gasteiger charge is -2.19. The first kappa shape index (κ1) is 19.8. The van der Waals surface area contributed by atoms with E-state index in [-0.39, 0.29) is 6.54 Å². The predicted molar refractivity (Wildman–Crippen MR) is 100 cm³/mol. The molecule has 0 saturated carbocycles. The lowest BCUT2D eigenvalue weighted by molar-refractivity contribution is -0.161. The number of esters is 1. The van der Waals surface area contributed by atoms with Gasteiger partial charge in [-0.2, -0.15) is 0 Å². The largest absolute Gasteiger partial charge is 0.479 e. The summed E-state index contributed by atoms with van der Waals surface area (Å²) in [6, 6.07) is 16.2. The van der Waals surface area contributed by atoms with Crippen LogP contribution in [0.4, 0.5) is 0 Å². The van der Waals surface area contributed by atoms with E-state index in [9.17, 15) is 9.59 Å². The van der Waals surface area contributed by atoms with E-state index in [0.29, 0.717) is 17.2 Å². The standard InChI is InChI=1S/C20H22ClNO4/c1-3-18(26-16-10-5-4-6-11-16)20(24)25-14(2)19(23)22-13-15-9-7-8-12-17(15)21/h4-12,14,18H,3,13H2,1-2H3,(H,22,23)/t14-,18-/m1/s1. The van der Waals surface area contributed by atoms with Crippen molar-refractivity contribution in [1.82, 2.24) is 5.32 Å². The van der Waals surface area contributed by atoms with Crippen LogP contribution in [0.2, 0.25) is 5.02 Å². The molecule has 2 aromatic rings. The lowest BCUT2D eigenvalue weighted by atomic mass is 10.2. The van der Waals surface area contributed by atoms with Gasteiger partial charge in [0.2, 0.25) is 0 Å². The van der Waals surface area contributed by atoms with Gasteiger partial charge >= 0.3 is 5.97 Å². The Morgan fingerprint density at radius 1 is 1.08 bits per heavy atom. The van der Waals surface area contributed by atoms with Crippen molar-refractivity contribution in [3.63, 3.8) is 0 Å². The van der Waals surface area contributed by atoms with Crippen LogP contribution in [0.1, 0.15) is 25.8 Å². The third kappa shape index (κ3) is 5.77. The van der Waals surface area contributed by atoms with Crippen LogP contribution in [-0.4, -0.2) is 24.1 Å². The Labute approximate surface area is 158 Å². The summed E-state index contributed by atoms with van der Waals surface area (Å²) in [5, 5.41) is 3.28. The van der Waals surface area contributed by atoms with Crippen molar-refractivity contribution in [3.05, 3.63) is 65.2 Å². The molecule has 0 fully saturated rings.